The lowest BCUT2D eigenvalue weighted by Crippen LogP contribution is -2.50. The third-order valence-corrected chi connectivity index (χ3v) is 4.48. The predicted octanol–water partition coefficient (Wildman–Crippen LogP) is 6.09. The molecule has 0 saturated heterocycles. The molecular formula is C25H33NO3. The number of ether oxygens (including phenoxy) is 1. The van der Waals surface area contributed by atoms with Crippen molar-refractivity contribution in [1.29, 1.82) is 0 Å². The Bertz CT molecular complexity index is 827. The van der Waals surface area contributed by atoms with Crippen molar-refractivity contribution in [2.75, 3.05) is 0 Å². The van der Waals surface area contributed by atoms with E-state index in [1.807, 2.05) is 58.0 Å². The van der Waals surface area contributed by atoms with Crippen molar-refractivity contribution >= 4 is 12.0 Å². The van der Waals surface area contributed by atoms with Gasteiger partial charge in [0.1, 0.15) is 5.60 Å². The van der Waals surface area contributed by atoms with Crippen LogP contribution in [-0.4, -0.2) is 28.5 Å². The summed E-state index contributed by atoms with van der Waals surface area (Å²) in [6.07, 6.45) is -0.0262. The minimum Gasteiger partial charge on any atom is -0.443 e. The molecule has 0 fully saturated rings. The predicted molar refractivity (Wildman–Crippen MR) is 118 cm³/mol. The molecule has 0 bridgehead atoms. The topological polar surface area (TPSA) is 46.6 Å². The average Bonchev–Trinajstić information content (AvgIpc) is 2.61. The van der Waals surface area contributed by atoms with Gasteiger partial charge in [0.05, 0.1) is 0 Å². The third-order valence-electron chi connectivity index (χ3n) is 4.48. The molecule has 0 radical (unpaired) electrons. The molecular weight excluding hydrogens is 362 g/mol. The fourth-order valence-electron chi connectivity index (χ4n) is 3.03. The number of nitrogens with zero attached hydrogens (tertiary/aromatic N) is 1. The fraction of sp³-hybridized carbons (Fsp3) is 0.440. The fourth-order valence-corrected chi connectivity index (χ4v) is 3.03. The van der Waals surface area contributed by atoms with Crippen LogP contribution in [0.15, 0.2) is 54.6 Å². The van der Waals surface area contributed by atoms with Crippen LogP contribution in [0.25, 0.3) is 11.1 Å². The molecule has 0 saturated carbocycles. The van der Waals surface area contributed by atoms with E-state index in [4.69, 9.17) is 4.74 Å². The van der Waals surface area contributed by atoms with Gasteiger partial charge < -0.3 is 4.74 Å². The highest BCUT2D eigenvalue weighted by molar-refractivity contribution is 5.95. The van der Waals surface area contributed by atoms with Gasteiger partial charge in [-0.15, -0.1) is 0 Å². The molecule has 0 aliphatic heterocycles. The molecule has 2 aromatic carbocycles. The first-order chi connectivity index (χ1) is 13.4. The normalized spacial score (nSPS) is 12.9. The van der Waals surface area contributed by atoms with Crippen molar-refractivity contribution < 1.29 is 14.3 Å². The Hall–Kier alpha value is -2.62. The second-order valence-electron chi connectivity index (χ2n) is 9.52. The summed E-state index contributed by atoms with van der Waals surface area (Å²) in [6.45, 7) is 12.7. The van der Waals surface area contributed by atoms with Gasteiger partial charge in [-0.2, -0.15) is 0 Å². The van der Waals surface area contributed by atoms with Gasteiger partial charge in [0.2, 0.25) is 5.91 Å². The minimum absolute atomic E-state index is 0.236. The highest BCUT2D eigenvalue weighted by atomic mass is 16.6. The Kier molecular flexibility index (Phi) is 6.89. The lowest BCUT2D eigenvalue weighted by molar-refractivity contribution is -0.140. The minimum atomic E-state index is -0.678. The molecule has 2 amide bonds. The second kappa shape index (κ2) is 8.81. The lowest BCUT2D eigenvalue weighted by Gasteiger charge is -2.34. The summed E-state index contributed by atoms with van der Waals surface area (Å²) < 4.78 is 5.52. The van der Waals surface area contributed by atoms with Crippen molar-refractivity contribution in [1.82, 2.24) is 4.90 Å². The van der Waals surface area contributed by atoms with Crippen LogP contribution < -0.4 is 0 Å². The molecule has 4 nitrogen and oxygen atoms in total. The van der Waals surface area contributed by atoms with Gasteiger partial charge in [-0.25, -0.2) is 9.69 Å². The summed E-state index contributed by atoms with van der Waals surface area (Å²) in [5.74, 6) is -0.236. The van der Waals surface area contributed by atoms with Gasteiger partial charge in [-0.05, 0) is 50.8 Å². The van der Waals surface area contributed by atoms with Crippen molar-refractivity contribution in [3.63, 3.8) is 0 Å². The van der Waals surface area contributed by atoms with E-state index in [0.29, 0.717) is 6.42 Å². The first kappa shape index (κ1) is 22.7. The number of benzene rings is 2. The Balaban J connectivity index is 2.21. The molecule has 1 atom stereocenters. The van der Waals surface area contributed by atoms with Crippen LogP contribution in [0.5, 0.6) is 0 Å². The maximum absolute atomic E-state index is 13.0. The molecule has 0 aliphatic rings. The molecule has 0 unspecified atom stereocenters. The van der Waals surface area contributed by atoms with Crippen molar-refractivity contribution in [3.05, 3.63) is 60.2 Å². The molecule has 0 N–H and O–H groups in total. The van der Waals surface area contributed by atoms with Crippen molar-refractivity contribution in [2.24, 2.45) is 5.41 Å². The van der Waals surface area contributed by atoms with Gasteiger partial charge in [-0.3, -0.25) is 4.79 Å². The molecule has 0 spiro atoms. The Morgan fingerprint density at radius 3 is 1.86 bits per heavy atom. The Labute approximate surface area is 174 Å². The van der Waals surface area contributed by atoms with E-state index < -0.39 is 17.1 Å². The maximum atomic E-state index is 13.0. The number of rotatable bonds is 4. The Morgan fingerprint density at radius 1 is 0.862 bits per heavy atom. The average molecular weight is 396 g/mol. The zero-order valence-corrected chi connectivity index (χ0v) is 18.7. The highest BCUT2D eigenvalue weighted by Gasteiger charge is 2.37. The molecule has 2 aromatic rings. The van der Waals surface area contributed by atoms with Gasteiger partial charge in [0, 0.05) is 11.5 Å². The highest BCUT2D eigenvalue weighted by Crippen LogP contribution is 2.24. The summed E-state index contributed by atoms with van der Waals surface area (Å²) >= 11 is 0. The van der Waals surface area contributed by atoms with Crippen LogP contribution in [0.2, 0.25) is 0 Å². The zero-order chi connectivity index (χ0) is 21.8. The van der Waals surface area contributed by atoms with E-state index in [-0.39, 0.29) is 11.9 Å². The lowest BCUT2D eigenvalue weighted by atomic mass is 9.93. The monoisotopic (exact) mass is 395 g/mol. The van der Waals surface area contributed by atoms with Gasteiger partial charge in [-0.1, -0.05) is 75.4 Å². The molecule has 0 heterocycles. The first-order valence-electron chi connectivity index (χ1n) is 10.1. The Morgan fingerprint density at radius 2 is 1.38 bits per heavy atom. The van der Waals surface area contributed by atoms with Crippen LogP contribution in [0.4, 0.5) is 4.79 Å². The van der Waals surface area contributed by atoms with E-state index in [0.717, 1.165) is 16.7 Å². The molecule has 29 heavy (non-hydrogen) atoms. The standard InChI is InChI=1S/C25H33NO3/c1-18(26(22(27)24(2,3)4)23(28)29-25(5,6)7)17-19-13-15-21(16-14-19)20-11-9-8-10-12-20/h8-16,18H,17H2,1-7H3/t18-/m0/s1. The first-order valence-corrected chi connectivity index (χ1v) is 10.1. The van der Waals surface area contributed by atoms with Crippen molar-refractivity contribution in [3.8, 4) is 11.1 Å². The zero-order valence-electron chi connectivity index (χ0n) is 18.7. The summed E-state index contributed by atoms with van der Waals surface area (Å²) in [6, 6.07) is 18.1. The van der Waals surface area contributed by atoms with Gasteiger partial charge in [0.15, 0.2) is 0 Å². The smallest absolute Gasteiger partial charge is 0.417 e. The number of carbonyl (C=O) groups excluding carboxylic acids is 2. The van der Waals surface area contributed by atoms with E-state index in [1.54, 1.807) is 20.8 Å². The number of hydrogen-bond acceptors (Lipinski definition) is 3. The summed E-state index contributed by atoms with van der Waals surface area (Å²) in [5.41, 5.74) is 2.02. The summed E-state index contributed by atoms with van der Waals surface area (Å²) in [5, 5.41) is 0. The van der Waals surface area contributed by atoms with Crippen LogP contribution in [0.3, 0.4) is 0 Å². The van der Waals surface area contributed by atoms with Crippen LogP contribution in [0.1, 0.15) is 54.0 Å². The molecule has 156 valence electrons. The number of carbonyl (C=O) groups is 2. The number of imide groups is 1. The van der Waals surface area contributed by atoms with Crippen LogP contribution in [-0.2, 0) is 16.0 Å². The molecule has 4 heteroatoms. The largest absolute Gasteiger partial charge is 0.443 e. The van der Waals surface area contributed by atoms with E-state index in [2.05, 4.69) is 24.3 Å². The molecule has 2 rings (SSSR count). The third kappa shape index (κ3) is 6.45. The molecule has 0 aliphatic carbocycles. The molecule has 0 aromatic heterocycles. The van der Waals surface area contributed by atoms with Gasteiger partial charge >= 0.3 is 6.09 Å². The SMILES string of the molecule is C[C@@H](Cc1ccc(-c2ccccc2)cc1)N(C(=O)OC(C)(C)C)C(=O)C(C)(C)C. The number of amides is 2. The summed E-state index contributed by atoms with van der Waals surface area (Å²) in [4.78, 5) is 27.1. The van der Waals surface area contributed by atoms with Crippen LogP contribution in [0, 0.1) is 5.41 Å². The maximum Gasteiger partial charge on any atom is 0.417 e. The van der Waals surface area contributed by atoms with Crippen LogP contribution >= 0.6 is 0 Å². The van der Waals surface area contributed by atoms with Crippen molar-refractivity contribution in [2.45, 2.75) is 66.5 Å². The van der Waals surface area contributed by atoms with E-state index in [1.165, 1.54) is 4.90 Å². The summed E-state index contributed by atoms with van der Waals surface area (Å²) in [7, 11) is 0. The van der Waals surface area contributed by atoms with E-state index >= 15 is 0 Å². The second-order valence-corrected chi connectivity index (χ2v) is 9.52. The quantitative estimate of drug-likeness (QED) is 0.629. The number of hydrogen-bond donors (Lipinski definition) is 0. The van der Waals surface area contributed by atoms with E-state index in [9.17, 15) is 9.59 Å². The van der Waals surface area contributed by atoms with Gasteiger partial charge in [0.25, 0.3) is 0 Å².